The molecule has 1 nitrogen and oxygen atoms in total. The Hall–Kier alpha value is 0.709. The Balaban J connectivity index is 1.94. The van der Waals surface area contributed by atoms with Gasteiger partial charge in [-0.3, -0.25) is 0 Å². The van der Waals surface area contributed by atoms with Crippen LogP contribution in [0.25, 0.3) is 0 Å². The van der Waals surface area contributed by atoms with Crippen molar-refractivity contribution in [3.8, 4) is 0 Å². The maximum absolute atomic E-state index is 11.9. The fourth-order valence-electron chi connectivity index (χ4n) is 2.75. The zero-order valence-corrected chi connectivity index (χ0v) is 10.3. The number of fused-ring (bicyclic) bond motifs is 3. The van der Waals surface area contributed by atoms with Crippen LogP contribution in [0.2, 0.25) is 20.3 Å². The number of rotatable bonds is 0. The molecule has 66 valence electrons. The van der Waals surface area contributed by atoms with E-state index in [1.165, 1.54) is 23.5 Å². The fraction of sp³-hybridized carbons (Fsp3) is 0.889. The Kier molecular flexibility index (Phi) is 1.91. The van der Waals surface area contributed by atoms with E-state index in [4.69, 9.17) is 0 Å². The van der Waals surface area contributed by atoms with E-state index in [9.17, 15) is 4.79 Å². The fourth-order valence-corrected chi connectivity index (χ4v) is 10.9. The summed E-state index contributed by atoms with van der Waals surface area (Å²) >= 11 is 1.68. The van der Waals surface area contributed by atoms with E-state index in [0.717, 1.165) is 39.5 Å². The SMILES string of the molecule is O=C1C2CC[Se]C2C2[Se]CCC12. The van der Waals surface area contributed by atoms with E-state index < -0.39 is 0 Å². The van der Waals surface area contributed by atoms with Crippen LogP contribution in [0, 0.1) is 11.8 Å². The van der Waals surface area contributed by atoms with Gasteiger partial charge >= 0.3 is 85.4 Å². The van der Waals surface area contributed by atoms with Crippen molar-refractivity contribution in [2.75, 3.05) is 0 Å². The van der Waals surface area contributed by atoms with Gasteiger partial charge in [0.05, 0.1) is 0 Å². The number of carbonyl (C=O) groups excluding carboxylic acids is 1. The molecule has 0 radical (unpaired) electrons. The van der Waals surface area contributed by atoms with E-state index in [2.05, 4.69) is 0 Å². The van der Waals surface area contributed by atoms with Crippen molar-refractivity contribution in [2.24, 2.45) is 11.8 Å². The van der Waals surface area contributed by atoms with Crippen LogP contribution < -0.4 is 0 Å². The zero-order chi connectivity index (χ0) is 8.13. The van der Waals surface area contributed by atoms with Crippen LogP contribution in [0.15, 0.2) is 0 Å². The summed E-state index contributed by atoms with van der Waals surface area (Å²) < 4.78 is 0. The van der Waals surface area contributed by atoms with Gasteiger partial charge in [-0.2, -0.15) is 0 Å². The first-order valence-corrected chi connectivity index (χ1v) is 9.05. The number of carbonyl (C=O) groups is 1. The third kappa shape index (κ3) is 0.944. The monoisotopic (exact) mass is 296 g/mol. The van der Waals surface area contributed by atoms with E-state index in [0.29, 0.717) is 17.6 Å². The minimum atomic E-state index is 0.558. The van der Waals surface area contributed by atoms with Crippen molar-refractivity contribution in [3.63, 3.8) is 0 Å². The van der Waals surface area contributed by atoms with Crippen LogP contribution in [-0.4, -0.2) is 35.7 Å². The molecule has 3 heteroatoms. The predicted octanol–water partition coefficient (Wildman–Crippen LogP) is 1.43. The van der Waals surface area contributed by atoms with Gasteiger partial charge in [-0.1, -0.05) is 0 Å². The van der Waals surface area contributed by atoms with Gasteiger partial charge in [0, 0.05) is 0 Å². The number of ketones is 1. The summed E-state index contributed by atoms with van der Waals surface area (Å²) in [5.41, 5.74) is 0. The van der Waals surface area contributed by atoms with Crippen molar-refractivity contribution in [1.82, 2.24) is 0 Å². The number of hydrogen-bond acceptors (Lipinski definition) is 1. The molecule has 1 aliphatic carbocycles. The zero-order valence-electron chi connectivity index (χ0n) is 6.86. The molecule has 0 bridgehead atoms. The molecule has 3 aliphatic rings. The molecule has 4 atom stereocenters. The topological polar surface area (TPSA) is 17.1 Å². The van der Waals surface area contributed by atoms with Crippen LogP contribution >= 0.6 is 0 Å². The van der Waals surface area contributed by atoms with Crippen LogP contribution in [0.4, 0.5) is 0 Å². The van der Waals surface area contributed by atoms with Gasteiger partial charge in [0.2, 0.25) is 0 Å². The number of Topliss-reactive ketones (excluding diaryl/α,β-unsaturated/α-hetero) is 1. The van der Waals surface area contributed by atoms with Gasteiger partial charge in [-0.15, -0.1) is 0 Å². The second-order valence-corrected chi connectivity index (χ2v) is 9.26. The standard InChI is InChI=1S/C9H12OSe2/c10-7-5-1-3-11-8(5)9-6(7)2-4-12-9/h5-6,8-9H,1-4H2. The molecule has 0 aromatic rings. The van der Waals surface area contributed by atoms with Gasteiger partial charge in [0.25, 0.3) is 0 Å². The van der Waals surface area contributed by atoms with Gasteiger partial charge < -0.3 is 0 Å². The van der Waals surface area contributed by atoms with Crippen molar-refractivity contribution in [3.05, 3.63) is 0 Å². The molecule has 0 aromatic heterocycles. The second-order valence-electron chi connectivity index (χ2n) is 3.86. The van der Waals surface area contributed by atoms with Gasteiger partial charge in [-0.25, -0.2) is 0 Å². The average Bonchev–Trinajstić information content (AvgIpc) is 2.72. The summed E-state index contributed by atoms with van der Waals surface area (Å²) in [5, 5.41) is 2.79. The third-order valence-corrected chi connectivity index (χ3v) is 10.4. The Morgan fingerprint density at radius 3 is 2.00 bits per heavy atom. The van der Waals surface area contributed by atoms with Crippen LogP contribution in [0.3, 0.4) is 0 Å². The van der Waals surface area contributed by atoms with E-state index in [1.54, 1.807) is 0 Å². The molecule has 3 rings (SSSR count). The van der Waals surface area contributed by atoms with Gasteiger partial charge in [0.15, 0.2) is 0 Å². The summed E-state index contributed by atoms with van der Waals surface area (Å²) in [6.45, 7) is 0. The molecule has 2 heterocycles. The van der Waals surface area contributed by atoms with Crippen molar-refractivity contribution in [2.45, 2.75) is 33.1 Å². The molecule has 4 unspecified atom stereocenters. The Morgan fingerprint density at radius 1 is 1.00 bits per heavy atom. The maximum atomic E-state index is 11.9. The molecule has 0 N–H and O–H groups in total. The van der Waals surface area contributed by atoms with Gasteiger partial charge in [0.1, 0.15) is 0 Å². The van der Waals surface area contributed by atoms with Crippen LogP contribution in [-0.2, 0) is 4.79 Å². The van der Waals surface area contributed by atoms with E-state index >= 15 is 0 Å². The summed E-state index contributed by atoms with van der Waals surface area (Å²) in [5.74, 6) is 1.80. The Morgan fingerprint density at radius 2 is 1.50 bits per heavy atom. The summed E-state index contributed by atoms with van der Waals surface area (Å²) in [6.07, 6.45) is 2.51. The van der Waals surface area contributed by atoms with Crippen LogP contribution in [0.5, 0.6) is 0 Å². The molecule has 2 aliphatic heterocycles. The molecular weight excluding hydrogens is 282 g/mol. The molecule has 1 saturated carbocycles. The normalized spacial score (nSPS) is 51.2. The first kappa shape index (κ1) is 8.05. The molecule has 12 heavy (non-hydrogen) atoms. The molecule has 0 spiro atoms. The molecule has 2 saturated heterocycles. The van der Waals surface area contributed by atoms with E-state index in [-0.39, 0.29) is 0 Å². The van der Waals surface area contributed by atoms with Crippen molar-refractivity contribution in [1.29, 1.82) is 0 Å². The second kappa shape index (κ2) is 2.85. The summed E-state index contributed by atoms with van der Waals surface area (Å²) in [7, 11) is 0. The van der Waals surface area contributed by atoms with Crippen molar-refractivity contribution >= 4 is 35.7 Å². The molecule has 3 fully saturated rings. The first-order chi connectivity index (χ1) is 5.88. The Bertz CT molecular complexity index is 207. The minimum absolute atomic E-state index is 0.558. The predicted molar refractivity (Wildman–Crippen MR) is 49.8 cm³/mol. The average molecular weight is 294 g/mol. The van der Waals surface area contributed by atoms with E-state index in [1.807, 2.05) is 0 Å². The van der Waals surface area contributed by atoms with Gasteiger partial charge in [-0.05, 0) is 0 Å². The number of hydrogen-bond donors (Lipinski definition) is 0. The third-order valence-electron chi connectivity index (χ3n) is 3.33. The first-order valence-electron chi connectivity index (χ1n) is 4.65. The summed E-state index contributed by atoms with van der Waals surface area (Å²) in [6, 6.07) is 0. The molecule has 0 amide bonds. The molecule has 0 aromatic carbocycles. The quantitative estimate of drug-likeness (QED) is 0.618. The molecular formula is C9H12OSe2. The summed E-state index contributed by atoms with van der Waals surface area (Å²) in [4.78, 5) is 13.7. The van der Waals surface area contributed by atoms with Crippen LogP contribution in [0.1, 0.15) is 12.8 Å². The van der Waals surface area contributed by atoms with Crippen molar-refractivity contribution < 1.29 is 4.79 Å². The Labute approximate surface area is 85.4 Å².